The average Bonchev–Trinajstić information content (AvgIpc) is 3.19. The molecule has 3 atom stereocenters. The van der Waals surface area contributed by atoms with Gasteiger partial charge in [-0.25, -0.2) is 21.6 Å². The van der Waals surface area contributed by atoms with Crippen LogP contribution in [-0.2, 0) is 31.6 Å². The van der Waals surface area contributed by atoms with E-state index in [2.05, 4.69) is 0 Å². The Morgan fingerprint density at radius 3 is 2.33 bits per heavy atom. The van der Waals surface area contributed by atoms with Crippen molar-refractivity contribution in [2.75, 3.05) is 10.8 Å². The van der Waals surface area contributed by atoms with E-state index in [1.165, 1.54) is 0 Å². The summed E-state index contributed by atoms with van der Waals surface area (Å²) in [6.45, 7) is -0.545. The van der Waals surface area contributed by atoms with Gasteiger partial charge in [0.05, 0.1) is 23.2 Å². The molecule has 2 aliphatic heterocycles. The molecule has 0 bridgehead atoms. The van der Waals surface area contributed by atoms with Gasteiger partial charge in [-0.2, -0.15) is 13.2 Å². The minimum Gasteiger partial charge on any atom is -0.376 e. The van der Waals surface area contributed by atoms with Crippen molar-refractivity contribution < 1.29 is 49.5 Å². The lowest BCUT2D eigenvalue weighted by Crippen LogP contribution is -2.49. The predicted molar refractivity (Wildman–Crippen MR) is 129 cm³/mol. The van der Waals surface area contributed by atoms with E-state index >= 15 is 0 Å². The van der Waals surface area contributed by atoms with Crippen LogP contribution in [0.1, 0.15) is 37.3 Å². The molecular weight excluding hydrogens is 568 g/mol. The second kappa shape index (κ2) is 9.94. The molecule has 2 aliphatic rings. The lowest BCUT2D eigenvalue weighted by Gasteiger charge is -2.39. The number of nitrogens with two attached hydrogens (primary N) is 1. The van der Waals surface area contributed by atoms with Crippen molar-refractivity contribution in [1.82, 2.24) is 4.90 Å². The van der Waals surface area contributed by atoms with Gasteiger partial charge in [0.15, 0.2) is 5.60 Å². The summed E-state index contributed by atoms with van der Waals surface area (Å²) in [7, 11) is -4.57. The van der Waals surface area contributed by atoms with Crippen molar-refractivity contribution in [3.8, 4) is 0 Å². The second-order valence-electron chi connectivity index (χ2n) is 10.1. The fourth-order valence-corrected chi connectivity index (χ4v) is 6.70. The number of anilines is 1. The highest BCUT2D eigenvalue weighted by Gasteiger charge is 2.52. The molecule has 3 N–H and O–H groups in total. The Kier molecular flexibility index (Phi) is 7.37. The van der Waals surface area contributed by atoms with E-state index < -0.39 is 87.3 Å². The topological polar surface area (TPSA) is 121 Å². The maximum absolute atomic E-state index is 14.0. The van der Waals surface area contributed by atoms with Crippen LogP contribution in [0.3, 0.4) is 0 Å². The van der Waals surface area contributed by atoms with Gasteiger partial charge < -0.3 is 15.7 Å². The fourth-order valence-electron chi connectivity index (χ4n) is 4.99. The Morgan fingerprint density at radius 1 is 1.12 bits per heavy atom. The van der Waals surface area contributed by atoms with Crippen molar-refractivity contribution in [2.45, 2.75) is 67.3 Å². The lowest BCUT2D eigenvalue weighted by molar-refractivity contribution is -0.258. The number of fused-ring (bicyclic) bond motifs is 1. The molecule has 4 rings (SSSR count). The maximum atomic E-state index is 14.0. The maximum Gasteiger partial charge on any atom is 0.421 e. The second-order valence-corrected chi connectivity index (χ2v) is 11.9. The summed E-state index contributed by atoms with van der Waals surface area (Å²) < 4.78 is 110. The Labute approximate surface area is 225 Å². The molecule has 2 heterocycles. The molecule has 0 spiro atoms. The summed E-state index contributed by atoms with van der Waals surface area (Å²) in [6.07, 6.45) is -6.83. The SMILES string of the molecule is CC(O)(c1ccc2c(c1)CC[C@@H](CC(=O)N1CC(F)(F)C[C@H]1C(N)=O)N2S(=O)(=O)c1ccc(F)cc1)C(F)(F)F. The van der Waals surface area contributed by atoms with E-state index in [0.29, 0.717) is 11.8 Å². The number of rotatable bonds is 6. The van der Waals surface area contributed by atoms with Crippen LogP contribution in [0.4, 0.5) is 32.0 Å². The van der Waals surface area contributed by atoms with Gasteiger partial charge in [-0.05, 0) is 61.2 Å². The average molecular weight is 594 g/mol. The fraction of sp³-hybridized carbons (Fsp3) is 0.440. The third-order valence-electron chi connectivity index (χ3n) is 7.21. The molecule has 2 amide bonds. The van der Waals surface area contributed by atoms with E-state index in [1.54, 1.807) is 0 Å². The summed E-state index contributed by atoms with van der Waals surface area (Å²) in [6, 6.07) is 3.84. The number of hydrogen-bond donors (Lipinski definition) is 2. The lowest BCUT2D eigenvalue weighted by atomic mass is 9.89. The van der Waals surface area contributed by atoms with Gasteiger partial charge in [0.1, 0.15) is 11.9 Å². The zero-order chi connectivity index (χ0) is 29.8. The van der Waals surface area contributed by atoms with Gasteiger partial charge in [-0.3, -0.25) is 13.9 Å². The largest absolute Gasteiger partial charge is 0.421 e. The van der Waals surface area contributed by atoms with Gasteiger partial charge in [-0.1, -0.05) is 12.1 Å². The van der Waals surface area contributed by atoms with Crippen LogP contribution < -0.4 is 10.0 Å². The molecule has 0 aromatic heterocycles. The van der Waals surface area contributed by atoms with Gasteiger partial charge >= 0.3 is 6.18 Å². The molecule has 1 fully saturated rings. The smallest absolute Gasteiger partial charge is 0.376 e. The number of amides is 2. The number of alkyl halides is 5. The number of aliphatic hydroxyl groups is 1. The molecule has 2 aromatic rings. The summed E-state index contributed by atoms with van der Waals surface area (Å²) in [5, 5.41) is 10.1. The summed E-state index contributed by atoms with van der Waals surface area (Å²) in [5.41, 5.74) is 1.42. The molecule has 8 nitrogen and oxygen atoms in total. The molecule has 1 unspecified atom stereocenters. The highest BCUT2D eigenvalue weighted by Crippen LogP contribution is 2.43. The number of hydrogen-bond acceptors (Lipinski definition) is 5. The highest BCUT2D eigenvalue weighted by molar-refractivity contribution is 7.92. The van der Waals surface area contributed by atoms with E-state index in [4.69, 9.17) is 5.73 Å². The van der Waals surface area contributed by atoms with Crippen molar-refractivity contribution in [3.05, 3.63) is 59.4 Å². The van der Waals surface area contributed by atoms with Crippen LogP contribution in [0.2, 0.25) is 0 Å². The number of carbonyl (C=O) groups excluding carboxylic acids is 2. The molecule has 1 saturated heterocycles. The first-order valence-electron chi connectivity index (χ1n) is 12.0. The van der Waals surface area contributed by atoms with Crippen LogP contribution in [0.15, 0.2) is 47.4 Å². The number of carbonyl (C=O) groups is 2. The van der Waals surface area contributed by atoms with Gasteiger partial charge in [0.25, 0.3) is 15.9 Å². The molecule has 218 valence electrons. The quantitative estimate of drug-likeness (QED) is 0.499. The standard InChI is InChI=1S/C25H25F6N3O5S/c1-23(37,25(29,30)31)15-3-9-19-14(10-15)2-6-17(34(19)40(38,39)18-7-4-16(26)5-8-18)11-21(35)33-13-24(27,28)12-20(33)22(32)36/h3-5,7-10,17,20,37H,2,6,11-13H2,1H3,(H2,32,36)/t17-,20-,23?/m0/s1. The Hall–Kier alpha value is -3.33. The third kappa shape index (κ3) is 5.36. The minimum atomic E-state index is -5.04. The van der Waals surface area contributed by atoms with Crippen molar-refractivity contribution in [2.24, 2.45) is 5.73 Å². The number of nitrogens with zero attached hydrogens (tertiary/aromatic N) is 2. The summed E-state index contributed by atoms with van der Waals surface area (Å²) >= 11 is 0. The molecule has 0 radical (unpaired) electrons. The number of primary amides is 1. The monoisotopic (exact) mass is 593 g/mol. The summed E-state index contributed by atoms with van der Waals surface area (Å²) in [4.78, 5) is 25.1. The van der Waals surface area contributed by atoms with Crippen molar-refractivity contribution in [1.29, 1.82) is 0 Å². The molecule has 15 heteroatoms. The van der Waals surface area contributed by atoms with E-state index in [9.17, 15) is 49.5 Å². The number of sulfonamides is 1. The molecule has 0 saturated carbocycles. The third-order valence-corrected chi connectivity index (χ3v) is 9.09. The molecule has 2 aromatic carbocycles. The summed E-state index contributed by atoms with van der Waals surface area (Å²) in [5.74, 6) is -6.25. The first kappa shape index (κ1) is 29.6. The molecule has 0 aliphatic carbocycles. The highest BCUT2D eigenvalue weighted by atomic mass is 32.2. The van der Waals surface area contributed by atoms with Crippen LogP contribution in [0.5, 0.6) is 0 Å². The van der Waals surface area contributed by atoms with Crippen LogP contribution in [-0.4, -0.2) is 61.0 Å². The van der Waals surface area contributed by atoms with E-state index in [1.807, 2.05) is 0 Å². The Balaban J connectivity index is 1.76. The van der Waals surface area contributed by atoms with Crippen LogP contribution >= 0.6 is 0 Å². The number of aryl methyl sites for hydroxylation is 1. The van der Waals surface area contributed by atoms with Crippen LogP contribution in [0.25, 0.3) is 0 Å². The zero-order valence-electron chi connectivity index (χ0n) is 21.0. The predicted octanol–water partition coefficient (Wildman–Crippen LogP) is 3.22. The number of halogens is 6. The normalized spacial score (nSPS) is 22.5. The van der Waals surface area contributed by atoms with Crippen molar-refractivity contribution in [3.63, 3.8) is 0 Å². The number of benzene rings is 2. The van der Waals surface area contributed by atoms with E-state index in [0.717, 1.165) is 46.8 Å². The zero-order valence-corrected chi connectivity index (χ0v) is 21.8. The minimum absolute atomic E-state index is 0.0279. The Bertz CT molecular complexity index is 1430. The number of likely N-dealkylation sites (tertiary alicyclic amines) is 1. The van der Waals surface area contributed by atoms with Gasteiger partial charge in [0, 0.05) is 12.8 Å². The Morgan fingerprint density at radius 2 is 1.75 bits per heavy atom. The van der Waals surface area contributed by atoms with E-state index in [-0.39, 0.29) is 24.1 Å². The molecule has 40 heavy (non-hydrogen) atoms. The van der Waals surface area contributed by atoms with Gasteiger partial charge in [0.2, 0.25) is 11.8 Å². The molecular formula is C25H25F6N3O5S. The van der Waals surface area contributed by atoms with Crippen LogP contribution in [0, 0.1) is 5.82 Å². The van der Waals surface area contributed by atoms with Gasteiger partial charge in [-0.15, -0.1) is 0 Å². The first-order valence-corrected chi connectivity index (χ1v) is 13.5. The van der Waals surface area contributed by atoms with Crippen molar-refractivity contribution >= 4 is 27.5 Å². The first-order chi connectivity index (χ1) is 18.3.